The maximum Gasteiger partial charge on any atom is 0.268 e. The molecule has 1 amide bonds. The van der Waals surface area contributed by atoms with Crippen LogP contribution < -0.4 is 10.2 Å². The number of carbonyl (C=O) groups is 1. The van der Waals surface area contributed by atoms with Crippen LogP contribution in [0, 0.1) is 0 Å². The topological polar surface area (TPSA) is 108 Å². The third-order valence-corrected chi connectivity index (χ3v) is 7.20. The Morgan fingerprint density at radius 2 is 1.54 bits per heavy atom. The highest BCUT2D eigenvalue weighted by molar-refractivity contribution is 7.45. The molecular weight excluding hydrogens is 491 g/mol. The predicted octanol–water partition coefficient (Wildman–Crippen LogP) is 5.49. The Morgan fingerprint density at radius 3 is 2.22 bits per heavy atom. The van der Waals surface area contributed by atoms with Gasteiger partial charge in [0.2, 0.25) is 5.91 Å². The van der Waals surface area contributed by atoms with Crippen LogP contribution in [0.3, 0.4) is 0 Å². The number of rotatable bonds is 25. The molecule has 0 aromatic rings. The van der Waals surface area contributed by atoms with Gasteiger partial charge in [-0.25, -0.2) is 0 Å². The summed E-state index contributed by atoms with van der Waals surface area (Å²) in [7, 11) is 1.29. The first-order valence-corrected chi connectivity index (χ1v) is 16.0. The number of carbonyl (C=O) groups excluding carboxylic acids is 1. The number of nitrogens with zero attached hydrogens (tertiary/aromatic N) is 1. The predicted molar refractivity (Wildman–Crippen MR) is 150 cm³/mol. The molecule has 37 heavy (non-hydrogen) atoms. The van der Waals surface area contributed by atoms with E-state index in [-0.39, 0.29) is 19.1 Å². The lowest BCUT2D eigenvalue weighted by Gasteiger charge is -2.30. The molecule has 0 spiro atoms. The number of allylic oxidation sites excluding steroid dienone is 2. The van der Waals surface area contributed by atoms with Crippen molar-refractivity contribution in [3.63, 3.8) is 0 Å². The molecule has 0 radical (unpaired) electrons. The van der Waals surface area contributed by atoms with Crippen LogP contribution in [0.1, 0.15) is 110 Å². The molecule has 0 bridgehead atoms. The summed E-state index contributed by atoms with van der Waals surface area (Å²) >= 11 is 0. The molecule has 0 rings (SSSR count). The number of aliphatic hydroxyl groups excluding tert-OH is 1. The monoisotopic (exact) mass is 548 g/mol. The minimum atomic E-state index is -4.53. The first-order valence-electron chi connectivity index (χ1n) is 14.5. The van der Waals surface area contributed by atoms with Gasteiger partial charge in [0.1, 0.15) is 13.2 Å². The Balaban J connectivity index is 4.55. The third-order valence-electron chi connectivity index (χ3n) is 6.23. The van der Waals surface area contributed by atoms with Crippen molar-refractivity contribution in [3.8, 4) is 0 Å². The van der Waals surface area contributed by atoms with E-state index in [1.54, 1.807) is 0 Å². The fraction of sp³-hybridized carbons (Fsp3) is 0.893. The van der Waals surface area contributed by atoms with E-state index < -0.39 is 20.0 Å². The molecule has 0 saturated carbocycles. The molecule has 0 aromatic heterocycles. The van der Waals surface area contributed by atoms with Crippen molar-refractivity contribution >= 4 is 13.7 Å². The second-order valence-electron chi connectivity index (χ2n) is 11.1. The summed E-state index contributed by atoms with van der Waals surface area (Å²) in [5.41, 5.74) is 0. The van der Waals surface area contributed by atoms with Crippen molar-refractivity contribution in [2.24, 2.45) is 0 Å². The van der Waals surface area contributed by atoms with Crippen LogP contribution in [0.2, 0.25) is 0 Å². The van der Waals surface area contributed by atoms with Gasteiger partial charge in [0.25, 0.3) is 7.82 Å². The zero-order chi connectivity index (χ0) is 28.0. The molecule has 0 heterocycles. The molecular formula is C28H57N2O6P. The number of quaternary nitrogens is 1. The van der Waals surface area contributed by atoms with Crippen molar-refractivity contribution < 1.29 is 32.9 Å². The van der Waals surface area contributed by atoms with Gasteiger partial charge in [-0.2, -0.15) is 0 Å². The van der Waals surface area contributed by atoms with Gasteiger partial charge in [0.05, 0.1) is 39.9 Å². The summed E-state index contributed by atoms with van der Waals surface area (Å²) in [6.45, 7) is 4.50. The summed E-state index contributed by atoms with van der Waals surface area (Å²) < 4.78 is 22.8. The quantitative estimate of drug-likeness (QED) is 0.0676. The van der Waals surface area contributed by atoms with Crippen LogP contribution in [0.15, 0.2) is 12.2 Å². The molecule has 0 aliphatic rings. The third kappa shape index (κ3) is 24.0. The van der Waals surface area contributed by atoms with Gasteiger partial charge < -0.3 is 28.8 Å². The Morgan fingerprint density at radius 1 is 0.919 bits per heavy atom. The summed E-state index contributed by atoms with van der Waals surface area (Å²) in [6, 6.07) is -0.794. The van der Waals surface area contributed by atoms with Gasteiger partial charge in [-0.1, -0.05) is 83.8 Å². The fourth-order valence-corrected chi connectivity index (χ4v) is 4.52. The molecule has 9 heteroatoms. The second kappa shape index (κ2) is 22.1. The first-order chi connectivity index (χ1) is 17.5. The second-order valence-corrected chi connectivity index (χ2v) is 12.5. The Bertz CT molecular complexity index is 639. The number of phosphoric acid groups is 1. The molecule has 3 unspecified atom stereocenters. The number of amides is 1. The van der Waals surface area contributed by atoms with Crippen molar-refractivity contribution in [2.45, 2.75) is 122 Å². The zero-order valence-electron chi connectivity index (χ0n) is 24.4. The maximum absolute atomic E-state index is 12.5. The molecule has 0 saturated heterocycles. The van der Waals surface area contributed by atoms with E-state index in [2.05, 4.69) is 31.3 Å². The van der Waals surface area contributed by atoms with E-state index in [1.165, 1.54) is 12.8 Å². The van der Waals surface area contributed by atoms with E-state index in [0.717, 1.165) is 70.6 Å². The summed E-state index contributed by atoms with van der Waals surface area (Å²) in [4.78, 5) is 24.8. The van der Waals surface area contributed by atoms with Crippen LogP contribution in [-0.4, -0.2) is 68.5 Å². The van der Waals surface area contributed by atoms with Crippen LogP contribution in [0.25, 0.3) is 0 Å². The lowest BCUT2D eigenvalue weighted by Crippen LogP contribution is -2.46. The zero-order valence-corrected chi connectivity index (χ0v) is 25.3. The van der Waals surface area contributed by atoms with E-state index in [0.29, 0.717) is 23.9 Å². The van der Waals surface area contributed by atoms with Gasteiger partial charge >= 0.3 is 0 Å². The van der Waals surface area contributed by atoms with E-state index >= 15 is 0 Å². The molecule has 3 atom stereocenters. The number of hydrogen-bond acceptors (Lipinski definition) is 6. The Hall–Kier alpha value is -0.760. The van der Waals surface area contributed by atoms with Crippen molar-refractivity contribution in [3.05, 3.63) is 12.2 Å². The molecule has 0 fully saturated rings. The molecule has 0 aliphatic carbocycles. The highest BCUT2D eigenvalue weighted by atomic mass is 31.2. The SMILES string of the molecule is CCC/C=C\CCCCCCCC(=O)NC(COP(=O)([O-])OCC[N+](C)(C)C)C(O)CCCCCCC. The van der Waals surface area contributed by atoms with Crippen molar-refractivity contribution in [1.29, 1.82) is 0 Å². The molecule has 0 aromatic carbocycles. The standard InChI is InChI=1S/C28H57N2O6P/c1-6-8-10-12-13-14-15-16-18-20-22-28(32)29-26(27(31)21-19-17-11-9-7-2)25-36-37(33,34)35-24-23-30(3,4)5/h10,12,26-27,31H,6-9,11,13-25H2,1-5H3,(H-,29,32,33,34)/b12-10-. The van der Waals surface area contributed by atoms with Crippen LogP contribution in [0.5, 0.6) is 0 Å². The average Bonchev–Trinajstić information content (AvgIpc) is 2.81. The van der Waals surface area contributed by atoms with Gasteiger partial charge in [-0.05, 0) is 32.1 Å². The number of likely N-dealkylation sites (N-methyl/N-ethyl adjacent to an activating group) is 1. The minimum absolute atomic E-state index is 0.0102. The van der Waals surface area contributed by atoms with E-state index in [4.69, 9.17) is 9.05 Å². The number of unbranched alkanes of at least 4 members (excludes halogenated alkanes) is 10. The molecule has 8 nitrogen and oxygen atoms in total. The minimum Gasteiger partial charge on any atom is -0.756 e. The molecule has 0 aliphatic heterocycles. The highest BCUT2D eigenvalue weighted by Gasteiger charge is 2.24. The summed E-state index contributed by atoms with van der Waals surface area (Å²) in [5, 5.41) is 13.5. The first kappa shape index (κ1) is 36.2. The van der Waals surface area contributed by atoms with E-state index in [1.807, 2.05) is 21.1 Å². The maximum atomic E-state index is 12.5. The highest BCUT2D eigenvalue weighted by Crippen LogP contribution is 2.38. The number of aliphatic hydroxyl groups is 1. The van der Waals surface area contributed by atoms with Crippen LogP contribution in [-0.2, 0) is 18.4 Å². The fourth-order valence-electron chi connectivity index (χ4n) is 3.80. The molecule has 2 N–H and O–H groups in total. The van der Waals surface area contributed by atoms with Crippen molar-refractivity contribution in [1.82, 2.24) is 5.32 Å². The lowest BCUT2D eigenvalue weighted by molar-refractivity contribution is -0.870. The number of nitrogens with one attached hydrogen (secondary N) is 1. The van der Waals surface area contributed by atoms with E-state index in [9.17, 15) is 19.4 Å². The lowest BCUT2D eigenvalue weighted by atomic mass is 10.0. The largest absolute Gasteiger partial charge is 0.756 e. The Kier molecular flexibility index (Phi) is 21.6. The summed E-state index contributed by atoms with van der Waals surface area (Å²) in [5.74, 6) is -0.187. The van der Waals surface area contributed by atoms with Gasteiger partial charge in [0, 0.05) is 6.42 Å². The normalized spacial score (nSPS) is 15.5. The van der Waals surface area contributed by atoms with Gasteiger partial charge in [-0.3, -0.25) is 9.36 Å². The smallest absolute Gasteiger partial charge is 0.268 e. The molecule has 220 valence electrons. The summed E-state index contributed by atoms with van der Waals surface area (Å²) in [6.07, 6.45) is 18.2. The number of phosphoric ester groups is 1. The van der Waals surface area contributed by atoms with Crippen LogP contribution in [0.4, 0.5) is 0 Å². The Labute approximate surface area is 227 Å². The van der Waals surface area contributed by atoms with Crippen molar-refractivity contribution in [2.75, 3.05) is 40.9 Å². The van der Waals surface area contributed by atoms with Crippen LogP contribution >= 0.6 is 7.82 Å². The van der Waals surface area contributed by atoms with Gasteiger partial charge in [0.15, 0.2) is 0 Å². The number of hydrogen-bond donors (Lipinski definition) is 2. The van der Waals surface area contributed by atoms with Gasteiger partial charge in [-0.15, -0.1) is 0 Å². The average molecular weight is 549 g/mol.